The van der Waals surface area contributed by atoms with Gasteiger partial charge in [0, 0.05) is 8.95 Å². The number of carbonyl (C=O) groups excluding carboxylic acids is 3. The van der Waals surface area contributed by atoms with Gasteiger partial charge >= 0.3 is 6.03 Å². The number of amides is 4. The third kappa shape index (κ3) is 5.77. The van der Waals surface area contributed by atoms with Gasteiger partial charge in [0.1, 0.15) is 17.9 Å². The molecule has 1 N–H and O–H groups in total. The maximum Gasteiger partial charge on any atom is 0.335 e. The van der Waals surface area contributed by atoms with Crippen LogP contribution in [0.1, 0.15) is 16.7 Å². The summed E-state index contributed by atoms with van der Waals surface area (Å²) in [5, 5.41) is 2.24. The molecule has 0 spiro atoms. The maximum atomic E-state index is 13.2. The van der Waals surface area contributed by atoms with Gasteiger partial charge in [-0.1, -0.05) is 44.0 Å². The minimum Gasteiger partial charge on any atom is -0.487 e. The summed E-state index contributed by atoms with van der Waals surface area (Å²) in [4.78, 5) is 39.1. The molecule has 1 aliphatic rings. The molecule has 0 aliphatic carbocycles. The number of nitrogens with one attached hydrogen (secondary N) is 1. The van der Waals surface area contributed by atoms with Crippen molar-refractivity contribution in [1.82, 2.24) is 5.32 Å². The van der Waals surface area contributed by atoms with Crippen LogP contribution < -0.4 is 15.0 Å². The van der Waals surface area contributed by atoms with Crippen LogP contribution in [0.5, 0.6) is 5.75 Å². The first-order chi connectivity index (χ1) is 16.6. The van der Waals surface area contributed by atoms with Gasteiger partial charge in [-0.15, -0.1) is 0 Å². The summed E-state index contributed by atoms with van der Waals surface area (Å²) < 4.78 is 9.05. The molecule has 3 aromatic rings. The first-order valence-electron chi connectivity index (χ1n) is 10.2. The normalized spacial score (nSPS) is 14.9. The highest BCUT2D eigenvalue weighted by atomic mass is 79.9. The van der Waals surface area contributed by atoms with Gasteiger partial charge in [-0.05, 0) is 104 Å². The molecule has 6 nitrogen and oxygen atoms in total. The molecule has 1 saturated heterocycles. The number of imide groups is 2. The Bertz CT molecular complexity index is 1360. The first kappa shape index (κ1) is 25.8. The van der Waals surface area contributed by atoms with Crippen LogP contribution in [-0.2, 0) is 16.2 Å². The van der Waals surface area contributed by atoms with E-state index in [-0.39, 0.29) is 5.57 Å². The zero-order valence-corrected chi connectivity index (χ0v) is 24.4. The number of aryl methyl sites for hydroxylation is 1. The third-order valence-electron chi connectivity index (χ3n) is 5.13. The fraction of sp³-hybridized carbons (Fsp3) is 0.0800. The average Bonchev–Trinajstić information content (AvgIpc) is 2.79. The van der Waals surface area contributed by atoms with Crippen LogP contribution in [0, 0.1) is 6.92 Å². The Morgan fingerprint density at radius 2 is 1.54 bits per heavy atom. The van der Waals surface area contributed by atoms with E-state index in [0.29, 0.717) is 32.6 Å². The number of ether oxygens (including phenoxy) is 1. The second-order valence-electron chi connectivity index (χ2n) is 7.62. The van der Waals surface area contributed by atoms with E-state index < -0.39 is 17.8 Å². The summed E-state index contributed by atoms with van der Waals surface area (Å²) in [7, 11) is 0. The summed E-state index contributed by atoms with van der Waals surface area (Å²) in [5.74, 6) is -0.882. The number of rotatable bonds is 5. The molecule has 35 heavy (non-hydrogen) atoms. The lowest BCUT2D eigenvalue weighted by Crippen LogP contribution is -2.54. The SMILES string of the molecule is Cc1cc(N2C(=O)NC(=O)/C(=C\c3cc(Br)c(OCc4ccc(Br)cc4)c(Br)c3)C2=O)ccc1Br. The third-order valence-corrected chi connectivity index (χ3v) is 7.73. The Labute approximate surface area is 235 Å². The van der Waals surface area contributed by atoms with E-state index >= 15 is 0 Å². The highest BCUT2D eigenvalue weighted by Crippen LogP contribution is 2.36. The maximum absolute atomic E-state index is 13.2. The van der Waals surface area contributed by atoms with Crippen LogP contribution in [0.3, 0.4) is 0 Å². The van der Waals surface area contributed by atoms with Crippen molar-refractivity contribution in [3.63, 3.8) is 0 Å². The van der Waals surface area contributed by atoms with E-state index in [1.165, 1.54) is 6.08 Å². The molecule has 3 aromatic carbocycles. The van der Waals surface area contributed by atoms with Crippen LogP contribution in [0.15, 0.2) is 78.1 Å². The van der Waals surface area contributed by atoms with Crippen LogP contribution in [0.25, 0.3) is 6.08 Å². The second-order valence-corrected chi connectivity index (χ2v) is 11.1. The highest BCUT2D eigenvalue weighted by Gasteiger charge is 2.37. The largest absolute Gasteiger partial charge is 0.487 e. The van der Waals surface area contributed by atoms with E-state index in [2.05, 4.69) is 69.0 Å². The summed E-state index contributed by atoms with van der Waals surface area (Å²) in [6.07, 6.45) is 1.44. The molecule has 0 unspecified atom stereocenters. The monoisotopic (exact) mass is 724 g/mol. The Kier molecular flexibility index (Phi) is 7.95. The van der Waals surface area contributed by atoms with Crippen LogP contribution in [0.2, 0.25) is 0 Å². The first-order valence-corrected chi connectivity index (χ1v) is 13.3. The number of carbonyl (C=O) groups is 3. The molecule has 0 aromatic heterocycles. The molecular formula is C25H16Br4N2O4. The molecule has 0 saturated carbocycles. The summed E-state index contributed by atoms with van der Waals surface area (Å²) in [5.41, 5.74) is 2.62. The molecular weight excluding hydrogens is 712 g/mol. The van der Waals surface area contributed by atoms with Crippen molar-refractivity contribution >= 4 is 93.3 Å². The Hall–Kier alpha value is -2.27. The molecule has 0 bridgehead atoms. The second kappa shape index (κ2) is 10.8. The lowest BCUT2D eigenvalue weighted by molar-refractivity contribution is -0.122. The van der Waals surface area contributed by atoms with Crippen LogP contribution >= 0.6 is 63.7 Å². The number of hydrogen-bond donors (Lipinski definition) is 1. The van der Waals surface area contributed by atoms with E-state index in [1.807, 2.05) is 31.2 Å². The minimum atomic E-state index is -0.794. The Morgan fingerprint density at radius 1 is 0.886 bits per heavy atom. The number of anilines is 1. The Balaban J connectivity index is 1.61. The lowest BCUT2D eigenvalue weighted by atomic mass is 10.1. The van der Waals surface area contributed by atoms with E-state index in [0.717, 1.165) is 25.0 Å². The number of nitrogens with zero attached hydrogens (tertiary/aromatic N) is 1. The standard InChI is InChI=1S/C25H16Br4N2O4/c1-13-8-17(6-7-19(13)27)31-24(33)18(23(32)30-25(31)34)9-15-10-20(28)22(21(29)11-15)35-12-14-2-4-16(26)5-3-14/h2-11H,12H2,1H3,(H,30,32,34)/b18-9+. The molecule has 0 radical (unpaired) electrons. The zero-order chi connectivity index (χ0) is 25.3. The quantitative estimate of drug-likeness (QED) is 0.221. The van der Waals surface area contributed by atoms with Gasteiger partial charge in [0.2, 0.25) is 0 Å². The smallest absolute Gasteiger partial charge is 0.335 e. The minimum absolute atomic E-state index is 0.160. The fourth-order valence-electron chi connectivity index (χ4n) is 3.36. The van der Waals surface area contributed by atoms with Crippen molar-refractivity contribution in [3.05, 3.63) is 94.8 Å². The van der Waals surface area contributed by atoms with Crippen LogP contribution in [0.4, 0.5) is 10.5 Å². The fourth-order valence-corrected chi connectivity index (χ4v) is 5.33. The van der Waals surface area contributed by atoms with E-state index in [4.69, 9.17) is 4.74 Å². The van der Waals surface area contributed by atoms with Gasteiger partial charge in [-0.2, -0.15) is 0 Å². The summed E-state index contributed by atoms with van der Waals surface area (Å²) in [6, 6.07) is 15.5. The molecule has 178 valence electrons. The van der Waals surface area contributed by atoms with E-state index in [9.17, 15) is 14.4 Å². The zero-order valence-electron chi connectivity index (χ0n) is 18.1. The predicted molar refractivity (Wildman–Crippen MR) is 148 cm³/mol. The van der Waals surface area contributed by atoms with Crippen molar-refractivity contribution in [2.24, 2.45) is 0 Å². The predicted octanol–water partition coefficient (Wildman–Crippen LogP) is 7.29. The molecule has 1 aliphatic heterocycles. The average molecular weight is 728 g/mol. The molecule has 1 heterocycles. The topological polar surface area (TPSA) is 75.7 Å². The lowest BCUT2D eigenvalue weighted by Gasteiger charge is -2.26. The number of halogens is 4. The Morgan fingerprint density at radius 3 is 2.17 bits per heavy atom. The number of barbiturate groups is 1. The molecule has 10 heteroatoms. The number of hydrogen-bond acceptors (Lipinski definition) is 4. The van der Waals surface area contributed by atoms with Crippen molar-refractivity contribution in [2.75, 3.05) is 4.90 Å². The van der Waals surface area contributed by atoms with Gasteiger partial charge in [0.05, 0.1) is 14.6 Å². The summed E-state index contributed by atoms with van der Waals surface area (Å²) >= 11 is 13.8. The number of urea groups is 1. The summed E-state index contributed by atoms with van der Waals surface area (Å²) in [6.45, 7) is 2.20. The molecule has 4 amide bonds. The van der Waals surface area contributed by atoms with Gasteiger partial charge in [0.25, 0.3) is 11.8 Å². The van der Waals surface area contributed by atoms with Gasteiger partial charge in [-0.3, -0.25) is 14.9 Å². The van der Waals surface area contributed by atoms with Crippen molar-refractivity contribution in [2.45, 2.75) is 13.5 Å². The van der Waals surface area contributed by atoms with Gasteiger partial charge in [0.15, 0.2) is 0 Å². The molecule has 0 atom stereocenters. The molecule has 4 rings (SSSR count). The van der Waals surface area contributed by atoms with Crippen molar-refractivity contribution < 1.29 is 19.1 Å². The van der Waals surface area contributed by atoms with Crippen molar-refractivity contribution in [3.8, 4) is 5.75 Å². The highest BCUT2D eigenvalue weighted by molar-refractivity contribution is 9.11. The molecule has 1 fully saturated rings. The van der Waals surface area contributed by atoms with Crippen molar-refractivity contribution in [1.29, 1.82) is 0 Å². The number of benzene rings is 3. The van der Waals surface area contributed by atoms with E-state index in [1.54, 1.807) is 30.3 Å². The van der Waals surface area contributed by atoms with Gasteiger partial charge < -0.3 is 4.74 Å². The van der Waals surface area contributed by atoms with Gasteiger partial charge in [-0.25, -0.2) is 9.69 Å². The van der Waals surface area contributed by atoms with Crippen LogP contribution in [-0.4, -0.2) is 17.8 Å².